The second kappa shape index (κ2) is 15.3. The molecule has 174 valence electrons. The van der Waals surface area contributed by atoms with Crippen LogP contribution in [0, 0.1) is 17.5 Å². The summed E-state index contributed by atoms with van der Waals surface area (Å²) in [4.78, 5) is 10.2. The van der Waals surface area contributed by atoms with Crippen LogP contribution in [0.2, 0.25) is 15.1 Å². The molecule has 11 heteroatoms. The Balaban J connectivity index is 0.000000446. The fraction of sp³-hybridized carbons (Fsp3) is 0.0952. The van der Waals surface area contributed by atoms with Crippen molar-refractivity contribution in [2.75, 3.05) is 0 Å². The highest BCUT2D eigenvalue weighted by Crippen LogP contribution is 2.24. The Labute approximate surface area is 224 Å². The van der Waals surface area contributed by atoms with E-state index in [1.165, 1.54) is 30.3 Å². The summed E-state index contributed by atoms with van der Waals surface area (Å²) in [6.07, 6.45) is 0.423. The molecule has 0 aliphatic rings. The molecular weight excluding hydrogens is 685 g/mol. The first-order valence-electron chi connectivity index (χ1n) is 8.03. The largest absolute Gasteiger partial charge is 0.326 e. The SMILES string of the molecule is C.Fc1ccc(Br)cc1Cl.NCc1cc(Br)cc(Cl)c1F.O=Cc1cc(Br)cc(Cl)c1F. The molecule has 0 unspecified atom stereocenters. The lowest BCUT2D eigenvalue weighted by molar-refractivity contribution is 0.111. The van der Waals surface area contributed by atoms with E-state index < -0.39 is 11.6 Å². The maximum absolute atomic E-state index is 12.9. The van der Waals surface area contributed by atoms with Crippen molar-refractivity contribution in [3.63, 3.8) is 0 Å². The summed E-state index contributed by atoms with van der Waals surface area (Å²) in [6.45, 7) is 0.158. The van der Waals surface area contributed by atoms with Gasteiger partial charge in [-0.05, 0) is 42.5 Å². The van der Waals surface area contributed by atoms with Crippen molar-refractivity contribution in [1.82, 2.24) is 0 Å². The molecule has 0 bridgehead atoms. The molecular formula is C21H16Br3Cl3F3NO. The van der Waals surface area contributed by atoms with Gasteiger partial charge in [-0.1, -0.05) is 90.0 Å². The molecule has 0 atom stereocenters. The predicted octanol–water partition coefficient (Wildman–Crippen LogP) is 9.63. The normalized spacial score (nSPS) is 9.56. The first-order chi connectivity index (χ1) is 14.5. The summed E-state index contributed by atoms with van der Waals surface area (Å²) in [5.41, 5.74) is 5.65. The van der Waals surface area contributed by atoms with E-state index in [-0.39, 0.29) is 40.4 Å². The second-order valence-electron chi connectivity index (χ2n) is 5.53. The smallest absolute Gasteiger partial charge is 0.153 e. The number of rotatable bonds is 2. The summed E-state index contributed by atoms with van der Waals surface area (Å²) in [5, 5.41) is 0.186. The predicted molar refractivity (Wildman–Crippen MR) is 137 cm³/mol. The molecule has 0 radical (unpaired) electrons. The Kier molecular flexibility index (Phi) is 15.0. The minimum absolute atomic E-state index is 0. The average molecular weight is 701 g/mol. The van der Waals surface area contributed by atoms with E-state index in [2.05, 4.69) is 47.8 Å². The van der Waals surface area contributed by atoms with Crippen molar-refractivity contribution < 1.29 is 18.0 Å². The van der Waals surface area contributed by atoms with Gasteiger partial charge in [-0.3, -0.25) is 4.79 Å². The van der Waals surface area contributed by atoms with Crippen LogP contribution in [0.4, 0.5) is 13.2 Å². The van der Waals surface area contributed by atoms with E-state index in [1.54, 1.807) is 12.1 Å². The standard InChI is InChI=1S/C7H6BrClFN.C7H3BrClFO.C6H3BrClF.CH4/c2*8-5-1-4(3-11)7(10)6(9)2-5;7-4-1-2-6(9)5(8)3-4;/h1-2H,3,11H2;1-3H;1-3H;1H4. The molecule has 0 aromatic heterocycles. The lowest BCUT2D eigenvalue weighted by atomic mass is 10.2. The van der Waals surface area contributed by atoms with E-state index >= 15 is 0 Å². The van der Waals surface area contributed by atoms with E-state index in [9.17, 15) is 18.0 Å². The van der Waals surface area contributed by atoms with E-state index in [4.69, 9.17) is 40.5 Å². The number of hydrogen-bond donors (Lipinski definition) is 1. The van der Waals surface area contributed by atoms with Gasteiger partial charge in [0.2, 0.25) is 0 Å². The van der Waals surface area contributed by atoms with E-state index in [0.29, 0.717) is 16.3 Å². The first kappa shape index (κ1) is 31.4. The molecule has 2 N–H and O–H groups in total. The third-order valence-corrected chi connectivity index (χ3v) is 5.57. The average Bonchev–Trinajstić information content (AvgIpc) is 2.71. The Morgan fingerprint density at radius 2 is 1.28 bits per heavy atom. The lowest BCUT2D eigenvalue weighted by Crippen LogP contribution is -1.99. The van der Waals surface area contributed by atoms with Gasteiger partial charge in [0.05, 0.1) is 20.6 Å². The maximum Gasteiger partial charge on any atom is 0.153 e. The molecule has 0 fully saturated rings. The van der Waals surface area contributed by atoms with Crippen LogP contribution < -0.4 is 5.73 Å². The van der Waals surface area contributed by atoms with Crippen molar-refractivity contribution in [3.8, 4) is 0 Å². The highest BCUT2D eigenvalue weighted by Gasteiger charge is 2.07. The minimum Gasteiger partial charge on any atom is -0.326 e. The highest BCUT2D eigenvalue weighted by molar-refractivity contribution is 9.11. The fourth-order valence-electron chi connectivity index (χ4n) is 1.89. The summed E-state index contributed by atoms with van der Waals surface area (Å²) in [5.74, 6) is -1.50. The van der Waals surface area contributed by atoms with Gasteiger partial charge in [0, 0.05) is 25.5 Å². The van der Waals surface area contributed by atoms with E-state index in [1.807, 2.05) is 0 Å². The number of carbonyl (C=O) groups excluding carboxylic acids is 1. The molecule has 0 heterocycles. The van der Waals surface area contributed by atoms with Gasteiger partial charge in [0.1, 0.15) is 11.6 Å². The molecule has 0 aliphatic heterocycles. The van der Waals surface area contributed by atoms with Crippen molar-refractivity contribution in [2.45, 2.75) is 14.0 Å². The van der Waals surface area contributed by atoms with Gasteiger partial charge in [-0.25, -0.2) is 13.2 Å². The van der Waals surface area contributed by atoms with Crippen LogP contribution in [0.5, 0.6) is 0 Å². The second-order valence-corrected chi connectivity index (χ2v) is 9.50. The molecule has 0 aliphatic carbocycles. The van der Waals surface area contributed by atoms with Gasteiger partial charge in [-0.2, -0.15) is 0 Å². The Morgan fingerprint density at radius 1 is 0.781 bits per heavy atom. The molecule has 3 aromatic rings. The zero-order chi connectivity index (χ0) is 23.7. The Hall–Kier alpha value is -0.610. The fourth-order valence-corrected chi connectivity index (χ4v) is 4.27. The van der Waals surface area contributed by atoms with Crippen molar-refractivity contribution in [1.29, 1.82) is 0 Å². The van der Waals surface area contributed by atoms with Gasteiger partial charge in [-0.15, -0.1) is 0 Å². The molecule has 0 amide bonds. The molecule has 2 nitrogen and oxygen atoms in total. The zero-order valence-electron chi connectivity index (χ0n) is 15.2. The van der Waals surface area contributed by atoms with E-state index in [0.717, 1.165) is 8.95 Å². The first-order valence-corrected chi connectivity index (χ1v) is 11.5. The molecule has 32 heavy (non-hydrogen) atoms. The van der Waals surface area contributed by atoms with Gasteiger partial charge < -0.3 is 5.73 Å². The Morgan fingerprint density at radius 3 is 1.75 bits per heavy atom. The molecule has 3 aromatic carbocycles. The van der Waals surface area contributed by atoms with Gasteiger partial charge in [0.25, 0.3) is 0 Å². The summed E-state index contributed by atoms with van der Waals surface area (Å²) < 4.78 is 40.2. The summed E-state index contributed by atoms with van der Waals surface area (Å²) in [7, 11) is 0. The van der Waals surface area contributed by atoms with Crippen LogP contribution >= 0.6 is 82.6 Å². The molecule has 0 saturated heterocycles. The maximum atomic E-state index is 12.9. The molecule has 0 spiro atoms. The summed E-state index contributed by atoms with van der Waals surface area (Å²) in [6, 6.07) is 10.3. The minimum atomic E-state index is -0.676. The zero-order valence-corrected chi connectivity index (χ0v) is 22.2. The van der Waals surface area contributed by atoms with Crippen LogP contribution in [0.3, 0.4) is 0 Å². The van der Waals surface area contributed by atoms with Gasteiger partial charge in [0.15, 0.2) is 12.1 Å². The Bertz CT molecular complexity index is 1070. The molecule has 3 rings (SSSR count). The van der Waals surface area contributed by atoms with Crippen LogP contribution in [-0.2, 0) is 6.54 Å². The van der Waals surface area contributed by atoms with Gasteiger partial charge >= 0.3 is 0 Å². The highest BCUT2D eigenvalue weighted by atomic mass is 79.9. The number of halogens is 9. The van der Waals surface area contributed by atoms with Crippen molar-refractivity contribution in [2.24, 2.45) is 5.73 Å². The number of nitrogens with two attached hydrogens (primary N) is 1. The van der Waals surface area contributed by atoms with Crippen LogP contribution in [-0.4, -0.2) is 6.29 Å². The van der Waals surface area contributed by atoms with Crippen LogP contribution in [0.15, 0.2) is 55.9 Å². The lowest BCUT2D eigenvalue weighted by Gasteiger charge is -2.01. The number of hydrogen-bond acceptors (Lipinski definition) is 2. The monoisotopic (exact) mass is 697 g/mol. The number of aldehydes is 1. The van der Waals surface area contributed by atoms with Crippen LogP contribution in [0.1, 0.15) is 23.3 Å². The number of carbonyl (C=O) groups is 1. The third kappa shape index (κ3) is 10.1. The third-order valence-electron chi connectivity index (χ3n) is 3.32. The van der Waals surface area contributed by atoms with Crippen molar-refractivity contribution >= 4 is 88.9 Å². The quantitative estimate of drug-likeness (QED) is 0.214. The molecule has 0 saturated carbocycles. The summed E-state index contributed by atoms with van der Waals surface area (Å²) >= 11 is 25.8. The van der Waals surface area contributed by atoms with Crippen molar-refractivity contribution in [3.05, 3.63) is 99.5 Å². The van der Waals surface area contributed by atoms with Crippen LogP contribution in [0.25, 0.3) is 0 Å². The number of benzene rings is 3. The topological polar surface area (TPSA) is 43.1 Å².